The van der Waals surface area contributed by atoms with Crippen molar-refractivity contribution in [3.05, 3.63) is 29.8 Å². The summed E-state index contributed by atoms with van der Waals surface area (Å²) < 4.78 is 27.9. The van der Waals surface area contributed by atoms with Gasteiger partial charge >= 0.3 is 0 Å². The molecule has 1 saturated carbocycles. The molecule has 138 valence electrons. The number of likely N-dealkylation sites (tertiary alicyclic amines) is 1. The lowest BCUT2D eigenvalue weighted by Crippen LogP contribution is -2.36. The van der Waals surface area contributed by atoms with Crippen LogP contribution in [0.15, 0.2) is 29.2 Å². The van der Waals surface area contributed by atoms with Crippen molar-refractivity contribution in [2.45, 2.75) is 68.7 Å². The third-order valence-corrected chi connectivity index (χ3v) is 6.77. The first-order valence-corrected chi connectivity index (χ1v) is 11.0. The fourth-order valence-electron chi connectivity index (χ4n) is 3.74. The molecule has 2 fully saturated rings. The summed E-state index contributed by atoms with van der Waals surface area (Å²) in [5.41, 5.74) is 0.568. The molecule has 2 aliphatic rings. The topological polar surface area (TPSA) is 66.5 Å². The Hall–Kier alpha value is -1.40. The zero-order valence-corrected chi connectivity index (χ0v) is 15.6. The van der Waals surface area contributed by atoms with Crippen LogP contribution in [-0.4, -0.2) is 38.4 Å². The summed E-state index contributed by atoms with van der Waals surface area (Å²) in [6.07, 6.45) is 9.60. The van der Waals surface area contributed by atoms with Crippen LogP contribution in [0.5, 0.6) is 0 Å². The zero-order chi connectivity index (χ0) is 17.7. The highest BCUT2D eigenvalue weighted by Gasteiger charge is 2.23. The minimum absolute atomic E-state index is 0.00564. The van der Waals surface area contributed by atoms with Crippen molar-refractivity contribution in [3.8, 4) is 0 Å². The summed E-state index contributed by atoms with van der Waals surface area (Å²) in [6.45, 7) is 1.59. The molecule has 1 amide bonds. The third-order valence-electron chi connectivity index (χ3n) is 5.23. The molecule has 0 bridgehead atoms. The second kappa shape index (κ2) is 8.32. The Kier molecular flexibility index (Phi) is 6.12. The summed E-state index contributed by atoms with van der Waals surface area (Å²) in [6, 6.07) is 6.43. The number of sulfonamides is 1. The van der Waals surface area contributed by atoms with Crippen LogP contribution in [0.4, 0.5) is 0 Å². The molecule has 0 aromatic heterocycles. The maximum Gasteiger partial charge on any atom is 0.253 e. The third kappa shape index (κ3) is 4.82. The number of hydrogen-bond donors (Lipinski definition) is 1. The number of rotatable bonds is 4. The molecule has 1 heterocycles. The molecular weight excluding hydrogens is 336 g/mol. The molecule has 0 atom stereocenters. The van der Waals surface area contributed by atoms with E-state index in [2.05, 4.69) is 4.72 Å². The van der Waals surface area contributed by atoms with Crippen LogP contribution in [0.25, 0.3) is 0 Å². The van der Waals surface area contributed by atoms with Gasteiger partial charge in [-0.2, -0.15) is 0 Å². The Morgan fingerprint density at radius 1 is 0.880 bits per heavy atom. The SMILES string of the molecule is O=C(c1ccc(S(=O)(=O)NC2CCCCC2)cc1)N1CCCCCC1. The lowest BCUT2D eigenvalue weighted by atomic mass is 9.96. The summed E-state index contributed by atoms with van der Waals surface area (Å²) >= 11 is 0. The molecule has 5 nitrogen and oxygen atoms in total. The van der Waals surface area contributed by atoms with E-state index in [4.69, 9.17) is 0 Å². The van der Waals surface area contributed by atoms with Crippen LogP contribution in [0.3, 0.4) is 0 Å². The molecule has 25 heavy (non-hydrogen) atoms. The van der Waals surface area contributed by atoms with Crippen molar-refractivity contribution < 1.29 is 13.2 Å². The first-order valence-electron chi connectivity index (χ1n) is 9.48. The van der Waals surface area contributed by atoms with E-state index >= 15 is 0 Å². The molecule has 0 radical (unpaired) electrons. The van der Waals surface area contributed by atoms with Crippen molar-refractivity contribution >= 4 is 15.9 Å². The number of amides is 1. The van der Waals surface area contributed by atoms with Crippen LogP contribution in [0, 0.1) is 0 Å². The van der Waals surface area contributed by atoms with Crippen molar-refractivity contribution in [2.75, 3.05) is 13.1 Å². The van der Waals surface area contributed by atoms with E-state index in [1.165, 1.54) is 19.3 Å². The molecule has 1 aromatic carbocycles. The van der Waals surface area contributed by atoms with Gasteiger partial charge < -0.3 is 4.90 Å². The van der Waals surface area contributed by atoms with Gasteiger partial charge in [0.1, 0.15) is 0 Å². The van der Waals surface area contributed by atoms with Gasteiger partial charge in [0.25, 0.3) is 5.91 Å². The average molecular weight is 365 g/mol. The van der Waals surface area contributed by atoms with Crippen molar-refractivity contribution in [2.24, 2.45) is 0 Å². The molecule has 3 rings (SSSR count). The maximum absolute atomic E-state index is 12.6. The second-order valence-electron chi connectivity index (χ2n) is 7.19. The van der Waals surface area contributed by atoms with Crippen LogP contribution < -0.4 is 4.72 Å². The molecule has 0 spiro atoms. The van der Waals surface area contributed by atoms with Gasteiger partial charge in [-0.15, -0.1) is 0 Å². The average Bonchev–Trinajstić information content (AvgIpc) is 2.91. The molecule has 1 aromatic rings. The van der Waals surface area contributed by atoms with Gasteiger partial charge in [0.2, 0.25) is 10.0 Å². The Morgan fingerprint density at radius 2 is 1.44 bits per heavy atom. The highest BCUT2D eigenvalue weighted by Crippen LogP contribution is 2.21. The van der Waals surface area contributed by atoms with Crippen LogP contribution >= 0.6 is 0 Å². The molecule has 0 unspecified atom stereocenters. The van der Waals surface area contributed by atoms with Crippen LogP contribution in [0.2, 0.25) is 0 Å². The van der Waals surface area contributed by atoms with E-state index < -0.39 is 10.0 Å². The van der Waals surface area contributed by atoms with Crippen molar-refractivity contribution in [1.82, 2.24) is 9.62 Å². The number of nitrogens with one attached hydrogen (secondary N) is 1. The molecule has 1 saturated heterocycles. The standard InChI is InChI=1S/C19H28N2O3S/c22-19(21-14-6-1-2-7-15-21)16-10-12-18(13-11-16)25(23,24)20-17-8-4-3-5-9-17/h10-13,17,20H,1-9,14-15H2. The van der Waals surface area contributed by atoms with Crippen molar-refractivity contribution in [1.29, 1.82) is 0 Å². The Morgan fingerprint density at radius 3 is 2.04 bits per heavy atom. The van der Waals surface area contributed by atoms with Gasteiger partial charge in [-0.05, 0) is 49.9 Å². The largest absolute Gasteiger partial charge is 0.339 e. The lowest BCUT2D eigenvalue weighted by Gasteiger charge is -2.23. The first-order chi connectivity index (χ1) is 12.1. The number of nitrogens with zero attached hydrogens (tertiary/aromatic N) is 1. The van der Waals surface area contributed by atoms with Gasteiger partial charge in [-0.1, -0.05) is 32.1 Å². The normalized spacial score (nSPS) is 20.2. The number of benzene rings is 1. The van der Waals surface area contributed by atoms with Gasteiger partial charge in [0, 0.05) is 24.7 Å². The summed E-state index contributed by atoms with van der Waals surface area (Å²) in [4.78, 5) is 14.7. The second-order valence-corrected chi connectivity index (χ2v) is 8.90. The van der Waals surface area contributed by atoms with E-state index in [1.54, 1.807) is 24.3 Å². The molecule has 1 aliphatic carbocycles. The van der Waals surface area contributed by atoms with Gasteiger partial charge in [-0.3, -0.25) is 4.79 Å². The van der Waals surface area contributed by atoms with E-state index in [-0.39, 0.29) is 16.8 Å². The highest BCUT2D eigenvalue weighted by molar-refractivity contribution is 7.89. The summed E-state index contributed by atoms with van der Waals surface area (Å²) in [5, 5.41) is 0. The fourth-order valence-corrected chi connectivity index (χ4v) is 5.05. The van der Waals surface area contributed by atoms with E-state index in [0.29, 0.717) is 5.56 Å². The van der Waals surface area contributed by atoms with E-state index in [9.17, 15) is 13.2 Å². The molecule has 1 aliphatic heterocycles. The number of hydrogen-bond acceptors (Lipinski definition) is 3. The minimum atomic E-state index is -3.51. The number of carbonyl (C=O) groups is 1. The summed E-state index contributed by atoms with van der Waals surface area (Å²) in [5.74, 6) is 0.00564. The number of carbonyl (C=O) groups excluding carboxylic acids is 1. The Balaban J connectivity index is 1.67. The monoisotopic (exact) mass is 364 g/mol. The fraction of sp³-hybridized carbons (Fsp3) is 0.632. The van der Waals surface area contributed by atoms with Gasteiger partial charge in [0.05, 0.1) is 4.90 Å². The van der Waals surface area contributed by atoms with Gasteiger partial charge in [0.15, 0.2) is 0 Å². The quantitative estimate of drug-likeness (QED) is 0.891. The predicted octanol–water partition coefficient (Wildman–Crippen LogP) is 3.31. The van der Waals surface area contributed by atoms with Crippen molar-refractivity contribution in [3.63, 3.8) is 0 Å². The van der Waals surface area contributed by atoms with Gasteiger partial charge in [-0.25, -0.2) is 13.1 Å². The maximum atomic E-state index is 12.6. The van der Waals surface area contributed by atoms with Crippen LogP contribution in [0.1, 0.15) is 68.1 Å². The Bertz CT molecular complexity index is 671. The van der Waals surface area contributed by atoms with E-state index in [1.807, 2.05) is 4.90 Å². The Labute approximate surface area is 150 Å². The summed E-state index contributed by atoms with van der Waals surface area (Å²) in [7, 11) is -3.51. The molecule has 1 N–H and O–H groups in total. The molecular formula is C19H28N2O3S. The van der Waals surface area contributed by atoms with E-state index in [0.717, 1.165) is 51.6 Å². The first kappa shape index (κ1) is 18.4. The smallest absolute Gasteiger partial charge is 0.253 e. The minimum Gasteiger partial charge on any atom is -0.339 e. The lowest BCUT2D eigenvalue weighted by molar-refractivity contribution is 0.0761. The predicted molar refractivity (Wildman–Crippen MR) is 98.0 cm³/mol. The molecule has 6 heteroatoms. The highest BCUT2D eigenvalue weighted by atomic mass is 32.2. The van der Waals surface area contributed by atoms with Crippen LogP contribution in [-0.2, 0) is 10.0 Å². The zero-order valence-electron chi connectivity index (χ0n) is 14.7.